The quantitative estimate of drug-likeness (QED) is 0.457. The Morgan fingerprint density at radius 3 is 1.86 bits per heavy atom. The monoisotopic (exact) mass is 348 g/mol. The molecule has 0 aliphatic rings. The Bertz CT molecular complexity index is 582. The minimum Gasteiger partial charge on any atom is -0.490 e. The van der Waals surface area contributed by atoms with Crippen LogP contribution < -0.4 is 15.2 Å². The molecule has 0 aliphatic carbocycles. The van der Waals surface area contributed by atoms with Crippen LogP contribution in [0.5, 0.6) is 11.5 Å². The molecule has 21 heavy (non-hydrogen) atoms. The summed E-state index contributed by atoms with van der Waals surface area (Å²) in [6.07, 6.45) is 0.465. The number of ether oxygens (including phenoxy) is 2. The first-order valence-electron chi connectivity index (χ1n) is 6.56. The van der Waals surface area contributed by atoms with E-state index in [-0.39, 0.29) is 5.84 Å². The standard InChI is InChI=1S/C16H17BrN2O2/c17-13-3-7-15(8-4-13)21-10-9-20-14-5-1-12(2-6-14)11-16(18)19/h1-8H,9-11H2,(H3,18,19). The molecule has 2 aromatic rings. The largest absolute Gasteiger partial charge is 0.490 e. The zero-order chi connectivity index (χ0) is 15.1. The van der Waals surface area contributed by atoms with Gasteiger partial charge in [-0.2, -0.15) is 0 Å². The molecule has 0 unspecified atom stereocenters. The third-order valence-corrected chi connectivity index (χ3v) is 3.28. The second-order valence-corrected chi connectivity index (χ2v) is 5.41. The van der Waals surface area contributed by atoms with Crippen molar-refractivity contribution in [3.63, 3.8) is 0 Å². The first-order valence-corrected chi connectivity index (χ1v) is 7.36. The molecule has 5 heteroatoms. The summed E-state index contributed by atoms with van der Waals surface area (Å²) in [6, 6.07) is 15.2. The van der Waals surface area contributed by atoms with Gasteiger partial charge in [0.05, 0.1) is 5.84 Å². The molecule has 0 bridgehead atoms. The molecule has 4 nitrogen and oxygen atoms in total. The summed E-state index contributed by atoms with van der Waals surface area (Å²) in [6.45, 7) is 0.957. The maximum atomic E-state index is 7.24. The molecule has 0 fully saturated rings. The lowest BCUT2D eigenvalue weighted by Gasteiger charge is -2.09. The summed E-state index contributed by atoms with van der Waals surface area (Å²) in [5.41, 5.74) is 6.36. The molecule has 0 saturated heterocycles. The molecule has 0 heterocycles. The zero-order valence-electron chi connectivity index (χ0n) is 11.5. The lowest BCUT2D eigenvalue weighted by molar-refractivity contribution is 0.217. The van der Waals surface area contributed by atoms with Gasteiger partial charge in [0.15, 0.2) is 0 Å². The van der Waals surface area contributed by atoms with E-state index >= 15 is 0 Å². The minimum atomic E-state index is 0.159. The summed E-state index contributed by atoms with van der Waals surface area (Å²) in [5, 5.41) is 7.24. The Morgan fingerprint density at radius 1 is 0.905 bits per heavy atom. The van der Waals surface area contributed by atoms with Crippen molar-refractivity contribution >= 4 is 21.8 Å². The van der Waals surface area contributed by atoms with E-state index in [0.717, 1.165) is 21.5 Å². The van der Waals surface area contributed by atoms with Gasteiger partial charge in [-0.25, -0.2) is 0 Å². The number of amidine groups is 1. The maximum Gasteiger partial charge on any atom is 0.122 e. The van der Waals surface area contributed by atoms with E-state index < -0.39 is 0 Å². The van der Waals surface area contributed by atoms with Crippen LogP contribution in [0.2, 0.25) is 0 Å². The summed E-state index contributed by atoms with van der Waals surface area (Å²) in [4.78, 5) is 0. The number of halogens is 1. The van der Waals surface area contributed by atoms with Gasteiger partial charge in [-0.3, -0.25) is 5.41 Å². The van der Waals surface area contributed by atoms with E-state index in [2.05, 4.69) is 15.9 Å². The smallest absolute Gasteiger partial charge is 0.122 e. The van der Waals surface area contributed by atoms with Crippen LogP contribution in [-0.4, -0.2) is 19.0 Å². The Balaban J connectivity index is 1.73. The normalized spacial score (nSPS) is 10.1. The molecule has 0 aliphatic heterocycles. The summed E-state index contributed by atoms with van der Waals surface area (Å²) >= 11 is 3.38. The highest BCUT2D eigenvalue weighted by atomic mass is 79.9. The third kappa shape index (κ3) is 5.47. The summed E-state index contributed by atoms with van der Waals surface area (Å²) in [5.74, 6) is 1.76. The van der Waals surface area contributed by atoms with Crippen molar-refractivity contribution in [3.8, 4) is 11.5 Å². The molecule has 2 aromatic carbocycles. The van der Waals surface area contributed by atoms with E-state index in [9.17, 15) is 0 Å². The summed E-state index contributed by atoms with van der Waals surface area (Å²) in [7, 11) is 0. The number of nitrogens with one attached hydrogen (secondary N) is 1. The average molecular weight is 349 g/mol. The number of hydrogen-bond acceptors (Lipinski definition) is 3. The predicted octanol–water partition coefficient (Wildman–Crippen LogP) is 3.39. The van der Waals surface area contributed by atoms with Crippen molar-refractivity contribution in [2.45, 2.75) is 6.42 Å². The highest BCUT2D eigenvalue weighted by Gasteiger charge is 1.98. The van der Waals surface area contributed by atoms with Crippen molar-refractivity contribution in [3.05, 3.63) is 58.6 Å². The molecule has 0 saturated carbocycles. The Hall–Kier alpha value is -2.01. The van der Waals surface area contributed by atoms with E-state index in [1.807, 2.05) is 48.5 Å². The number of nitrogens with two attached hydrogens (primary N) is 1. The van der Waals surface area contributed by atoms with Crippen molar-refractivity contribution in [2.24, 2.45) is 5.73 Å². The van der Waals surface area contributed by atoms with Gasteiger partial charge in [0.1, 0.15) is 24.7 Å². The molecule has 2 rings (SSSR count). The third-order valence-electron chi connectivity index (χ3n) is 2.75. The van der Waals surface area contributed by atoms with Gasteiger partial charge in [0, 0.05) is 10.9 Å². The average Bonchev–Trinajstić information content (AvgIpc) is 2.46. The lowest BCUT2D eigenvalue weighted by atomic mass is 10.1. The van der Waals surface area contributed by atoms with Gasteiger partial charge in [0.25, 0.3) is 0 Å². The first-order chi connectivity index (χ1) is 10.1. The fourth-order valence-electron chi connectivity index (χ4n) is 1.77. The van der Waals surface area contributed by atoms with Crippen LogP contribution in [0.1, 0.15) is 5.56 Å². The lowest BCUT2D eigenvalue weighted by Crippen LogP contribution is -2.12. The fourth-order valence-corrected chi connectivity index (χ4v) is 2.04. The molecule has 0 atom stereocenters. The highest BCUT2D eigenvalue weighted by Crippen LogP contribution is 2.16. The van der Waals surface area contributed by atoms with Crippen LogP contribution in [0.15, 0.2) is 53.0 Å². The van der Waals surface area contributed by atoms with E-state index in [1.165, 1.54) is 0 Å². The van der Waals surface area contributed by atoms with Gasteiger partial charge >= 0.3 is 0 Å². The predicted molar refractivity (Wildman–Crippen MR) is 87.2 cm³/mol. The maximum absolute atomic E-state index is 7.24. The van der Waals surface area contributed by atoms with Crippen LogP contribution in [0, 0.1) is 5.41 Å². The van der Waals surface area contributed by atoms with E-state index in [0.29, 0.717) is 19.6 Å². The first kappa shape index (κ1) is 15.4. The second kappa shape index (κ2) is 7.69. The number of hydrogen-bond donors (Lipinski definition) is 2. The molecule has 0 spiro atoms. The van der Waals surface area contributed by atoms with Gasteiger partial charge < -0.3 is 15.2 Å². The van der Waals surface area contributed by atoms with Gasteiger partial charge in [-0.15, -0.1) is 0 Å². The van der Waals surface area contributed by atoms with Crippen LogP contribution in [0.3, 0.4) is 0 Å². The molecular weight excluding hydrogens is 332 g/mol. The van der Waals surface area contributed by atoms with E-state index in [4.69, 9.17) is 20.6 Å². The van der Waals surface area contributed by atoms with Gasteiger partial charge in [-0.1, -0.05) is 28.1 Å². The zero-order valence-corrected chi connectivity index (χ0v) is 13.1. The van der Waals surface area contributed by atoms with Crippen LogP contribution in [-0.2, 0) is 6.42 Å². The fraction of sp³-hybridized carbons (Fsp3) is 0.188. The van der Waals surface area contributed by atoms with Crippen LogP contribution in [0.4, 0.5) is 0 Å². The SMILES string of the molecule is N=C(N)Cc1ccc(OCCOc2ccc(Br)cc2)cc1. The van der Waals surface area contributed by atoms with Crippen molar-refractivity contribution in [1.29, 1.82) is 5.41 Å². The van der Waals surface area contributed by atoms with Crippen molar-refractivity contribution < 1.29 is 9.47 Å². The van der Waals surface area contributed by atoms with Crippen LogP contribution in [0.25, 0.3) is 0 Å². The van der Waals surface area contributed by atoms with Gasteiger partial charge in [0.2, 0.25) is 0 Å². The minimum absolute atomic E-state index is 0.159. The number of benzene rings is 2. The van der Waals surface area contributed by atoms with Crippen LogP contribution >= 0.6 is 15.9 Å². The topological polar surface area (TPSA) is 68.3 Å². The Kier molecular flexibility index (Phi) is 5.63. The molecule has 0 aromatic heterocycles. The van der Waals surface area contributed by atoms with E-state index in [1.54, 1.807) is 0 Å². The Labute approximate surface area is 132 Å². The molecular formula is C16H17BrN2O2. The molecule has 110 valence electrons. The second-order valence-electron chi connectivity index (χ2n) is 4.50. The highest BCUT2D eigenvalue weighted by molar-refractivity contribution is 9.10. The van der Waals surface area contributed by atoms with Crippen molar-refractivity contribution in [1.82, 2.24) is 0 Å². The van der Waals surface area contributed by atoms with Crippen molar-refractivity contribution in [2.75, 3.05) is 13.2 Å². The molecule has 3 N–H and O–H groups in total. The molecule has 0 radical (unpaired) electrons. The van der Waals surface area contributed by atoms with Gasteiger partial charge in [-0.05, 0) is 42.0 Å². The molecule has 0 amide bonds. The Morgan fingerprint density at radius 2 is 1.38 bits per heavy atom. The number of rotatable bonds is 7. The summed E-state index contributed by atoms with van der Waals surface area (Å²) < 4.78 is 12.2.